The van der Waals surface area contributed by atoms with Crippen molar-refractivity contribution in [3.63, 3.8) is 0 Å². The quantitative estimate of drug-likeness (QED) is 0.495. The molecule has 0 amide bonds. The number of fused-ring (bicyclic) bond motifs is 1. The third-order valence-electron chi connectivity index (χ3n) is 5.65. The predicted octanol–water partition coefficient (Wildman–Crippen LogP) is 3.16. The van der Waals surface area contributed by atoms with Crippen molar-refractivity contribution in [2.45, 2.75) is 0 Å². The van der Waals surface area contributed by atoms with Gasteiger partial charge in [0.1, 0.15) is 23.6 Å². The first-order valence-electron chi connectivity index (χ1n) is 10.2. The topological polar surface area (TPSA) is 68.5 Å². The summed E-state index contributed by atoms with van der Waals surface area (Å²) in [6, 6.07) is 16.0. The van der Waals surface area contributed by atoms with E-state index in [4.69, 9.17) is 9.47 Å². The number of anilines is 2. The summed E-state index contributed by atoms with van der Waals surface area (Å²) in [5.41, 5.74) is 2.88. The molecule has 2 aromatic heterocycles. The Kier molecular flexibility index (Phi) is 5.03. The van der Waals surface area contributed by atoms with Gasteiger partial charge in [-0.25, -0.2) is 14.6 Å². The van der Waals surface area contributed by atoms with Gasteiger partial charge in [0.05, 0.1) is 37.2 Å². The highest BCUT2D eigenvalue weighted by atomic mass is 16.5. The molecule has 0 spiro atoms. The first kappa shape index (κ1) is 19.2. The van der Waals surface area contributed by atoms with Crippen LogP contribution in [0.25, 0.3) is 16.7 Å². The zero-order valence-corrected chi connectivity index (χ0v) is 17.6. The van der Waals surface area contributed by atoms with E-state index in [1.165, 1.54) is 0 Å². The zero-order chi connectivity index (χ0) is 21.2. The molecule has 31 heavy (non-hydrogen) atoms. The molecule has 0 atom stereocenters. The molecule has 1 aliphatic heterocycles. The Bertz CT molecular complexity index is 1190. The minimum absolute atomic E-state index is 0.790. The summed E-state index contributed by atoms with van der Waals surface area (Å²) < 4.78 is 12.8. The largest absolute Gasteiger partial charge is 0.497 e. The highest BCUT2D eigenvalue weighted by Gasteiger charge is 2.23. The van der Waals surface area contributed by atoms with E-state index in [0.717, 1.165) is 65.9 Å². The molecule has 0 saturated carbocycles. The summed E-state index contributed by atoms with van der Waals surface area (Å²) in [5.74, 6) is 2.54. The van der Waals surface area contributed by atoms with Crippen LogP contribution in [0.15, 0.2) is 61.1 Å². The zero-order valence-electron chi connectivity index (χ0n) is 17.6. The van der Waals surface area contributed by atoms with Crippen molar-refractivity contribution in [1.29, 1.82) is 0 Å². The van der Waals surface area contributed by atoms with Crippen LogP contribution in [-0.4, -0.2) is 60.1 Å². The Hall–Kier alpha value is -3.81. The molecule has 8 nitrogen and oxygen atoms in total. The van der Waals surface area contributed by atoms with Gasteiger partial charge in [-0.15, -0.1) is 0 Å². The minimum atomic E-state index is 0.790. The van der Waals surface area contributed by atoms with Crippen LogP contribution in [-0.2, 0) is 0 Å². The third kappa shape index (κ3) is 3.50. The molecule has 4 aromatic rings. The van der Waals surface area contributed by atoms with E-state index in [2.05, 4.69) is 30.9 Å². The van der Waals surface area contributed by atoms with E-state index in [-0.39, 0.29) is 0 Å². The molecule has 0 radical (unpaired) electrons. The Labute approximate surface area is 180 Å². The lowest BCUT2D eigenvalue weighted by atomic mass is 10.2. The van der Waals surface area contributed by atoms with E-state index in [0.29, 0.717) is 0 Å². The molecular weight excluding hydrogens is 392 g/mol. The van der Waals surface area contributed by atoms with Gasteiger partial charge in [0.15, 0.2) is 5.65 Å². The minimum Gasteiger partial charge on any atom is -0.497 e. The summed E-state index contributed by atoms with van der Waals surface area (Å²) in [7, 11) is 3.35. The SMILES string of the molecule is COc1ccc(N2CCN(c3ncnc4c3cnn4-c3ccccc3)CC2)c(OC)c1. The molecule has 0 unspecified atom stereocenters. The van der Waals surface area contributed by atoms with E-state index in [9.17, 15) is 0 Å². The molecule has 158 valence electrons. The number of ether oxygens (including phenoxy) is 2. The van der Waals surface area contributed by atoms with Crippen molar-refractivity contribution in [2.24, 2.45) is 0 Å². The van der Waals surface area contributed by atoms with Crippen LogP contribution in [0.4, 0.5) is 11.5 Å². The van der Waals surface area contributed by atoms with Gasteiger partial charge in [-0.3, -0.25) is 0 Å². The highest BCUT2D eigenvalue weighted by Crippen LogP contribution is 2.33. The number of hydrogen-bond donors (Lipinski definition) is 0. The van der Waals surface area contributed by atoms with Crippen molar-refractivity contribution >= 4 is 22.5 Å². The normalized spacial score (nSPS) is 14.1. The van der Waals surface area contributed by atoms with Gasteiger partial charge in [-0.1, -0.05) is 18.2 Å². The lowest BCUT2D eigenvalue weighted by molar-refractivity contribution is 0.394. The summed E-state index contributed by atoms with van der Waals surface area (Å²) in [5, 5.41) is 5.53. The number of nitrogens with zero attached hydrogens (tertiary/aromatic N) is 6. The Balaban J connectivity index is 1.38. The standard InChI is InChI=1S/C23H24N6O2/c1-30-18-8-9-20(21(14-18)31-2)27-10-12-28(13-11-27)22-19-15-26-29(23(19)25-16-24-22)17-6-4-3-5-7-17/h3-9,14-16H,10-13H2,1-2H3. The molecule has 0 bridgehead atoms. The van der Waals surface area contributed by atoms with E-state index in [1.807, 2.05) is 53.3 Å². The third-order valence-corrected chi connectivity index (χ3v) is 5.65. The fourth-order valence-electron chi connectivity index (χ4n) is 4.05. The predicted molar refractivity (Wildman–Crippen MR) is 121 cm³/mol. The average Bonchev–Trinajstić information content (AvgIpc) is 3.29. The maximum Gasteiger partial charge on any atom is 0.168 e. The maximum absolute atomic E-state index is 5.59. The number of rotatable bonds is 5. The fraction of sp³-hybridized carbons (Fsp3) is 0.261. The van der Waals surface area contributed by atoms with Crippen molar-refractivity contribution in [3.05, 3.63) is 61.1 Å². The second-order valence-electron chi connectivity index (χ2n) is 7.34. The van der Waals surface area contributed by atoms with Crippen molar-refractivity contribution in [1.82, 2.24) is 19.7 Å². The Morgan fingerprint density at radius 1 is 0.839 bits per heavy atom. The summed E-state index contributed by atoms with van der Waals surface area (Å²) >= 11 is 0. The van der Waals surface area contributed by atoms with Crippen molar-refractivity contribution in [2.75, 3.05) is 50.2 Å². The van der Waals surface area contributed by atoms with E-state index in [1.54, 1.807) is 20.5 Å². The van der Waals surface area contributed by atoms with Crippen LogP contribution >= 0.6 is 0 Å². The number of hydrogen-bond acceptors (Lipinski definition) is 7. The van der Waals surface area contributed by atoms with Gasteiger partial charge in [-0.05, 0) is 24.3 Å². The monoisotopic (exact) mass is 416 g/mol. The molecule has 2 aromatic carbocycles. The summed E-state index contributed by atoms with van der Waals surface area (Å²) in [4.78, 5) is 13.7. The fourth-order valence-corrected chi connectivity index (χ4v) is 4.05. The van der Waals surface area contributed by atoms with Gasteiger partial charge in [0.25, 0.3) is 0 Å². The van der Waals surface area contributed by atoms with Crippen LogP contribution in [0.2, 0.25) is 0 Å². The smallest absolute Gasteiger partial charge is 0.168 e. The van der Waals surface area contributed by atoms with Crippen LogP contribution in [0.5, 0.6) is 11.5 Å². The summed E-state index contributed by atoms with van der Waals surface area (Å²) in [6.07, 6.45) is 3.48. The number of methoxy groups -OCH3 is 2. The van der Waals surface area contributed by atoms with E-state index >= 15 is 0 Å². The molecule has 5 rings (SSSR count). The van der Waals surface area contributed by atoms with Gasteiger partial charge >= 0.3 is 0 Å². The van der Waals surface area contributed by atoms with Gasteiger partial charge in [0, 0.05) is 32.2 Å². The first-order chi connectivity index (χ1) is 15.3. The second-order valence-corrected chi connectivity index (χ2v) is 7.34. The molecular formula is C23H24N6O2. The maximum atomic E-state index is 5.59. The van der Waals surface area contributed by atoms with Crippen LogP contribution < -0.4 is 19.3 Å². The van der Waals surface area contributed by atoms with Crippen LogP contribution in [0.1, 0.15) is 0 Å². The molecule has 3 heterocycles. The molecule has 1 aliphatic rings. The molecule has 0 aliphatic carbocycles. The number of piperazine rings is 1. The number of para-hydroxylation sites is 1. The van der Waals surface area contributed by atoms with Crippen LogP contribution in [0, 0.1) is 0 Å². The molecule has 8 heteroatoms. The number of aromatic nitrogens is 4. The first-order valence-corrected chi connectivity index (χ1v) is 10.2. The number of benzene rings is 2. The second kappa shape index (κ2) is 8.14. The van der Waals surface area contributed by atoms with Gasteiger partial charge in [-0.2, -0.15) is 5.10 Å². The van der Waals surface area contributed by atoms with Crippen molar-refractivity contribution in [3.8, 4) is 17.2 Å². The molecule has 1 fully saturated rings. The summed E-state index contributed by atoms with van der Waals surface area (Å²) in [6.45, 7) is 3.41. The molecule has 0 N–H and O–H groups in total. The molecule has 1 saturated heterocycles. The van der Waals surface area contributed by atoms with Crippen molar-refractivity contribution < 1.29 is 9.47 Å². The van der Waals surface area contributed by atoms with E-state index < -0.39 is 0 Å². The highest BCUT2D eigenvalue weighted by molar-refractivity contribution is 5.87. The van der Waals surface area contributed by atoms with Gasteiger partial charge < -0.3 is 19.3 Å². The Morgan fingerprint density at radius 3 is 2.35 bits per heavy atom. The van der Waals surface area contributed by atoms with Gasteiger partial charge in [0.2, 0.25) is 0 Å². The lowest BCUT2D eigenvalue weighted by Gasteiger charge is -2.37. The lowest BCUT2D eigenvalue weighted by Crippen LogP contribution is -2.47. The average molecular weight is 416 g/mol. The van der Waals surface area contributed by atoms with Crippen LogP contribution in [0.3, 0.4) is 0 Å². The Morgan fingerprint density at radius 2 is 1.61 bits per heavy atom.